The van der Waals surface area contributed by atoms with E-state index in [1.165, 1.54) is 44.5 Å². The van der Waals surface area contributed by atoms with Crippen LogP contribution in [0.5, 0.6) is 0 Å². The van der Waals surface area contributed by atoms with E-state index in [2.05, 4.69) is 17.1 Å². The van der Waals surface area contributed by atoms with E-state index < -0.39 is 5.82 Å². The molecule has 6 heteroatoms. The van der Waals surface area contributed by atoms with Crippen molar-refractivity contribution in [2.24, 2.45) is 11.8 Å². The summed E-state index contributed by atoms with van der Waals surface area (Å²) in [6, 6.07) is 4.18. The van der Waals surface area contributed by atoms with Crippen LogP contribution in [-0.2, 0) is 0 Å². The van der Waals surface area contributed by atoms with Crippen molar-refractivity contribution >= 4 is 23.3 Å². The van der Waals surface area contributed by atoms with Crippen molar-refractivity contribution < 1.29 is 9.18 Å². The molecule has 4 nitrogen and oxygen atoms in total. The number of anilines is 1. The second kappa shape index (κ2) is 9.05. The number of hydrogen-bond acceptors (Lipinski definition) is 2. The van der Waals surface area contributed by atoms with E-state index in [-0.39, 0.29) is 11.1 Å². The summed E-state index contributed by atoms with van der Waals surface area (Å²) in [7, 11) is 0. The van der Waals surface area contributed by atoms with E-state index in [9.17, 15) is 9.18 Å². The third-order valence-corrected chi connectivity index (χ3v) is 5.89. The summed E-state index contributed by atoms with van der Waals surface area (Å²) >= 11 is 5.67. The summed E-state index contributed by atoms with van der Waals surface area (Å²) in [6.45, 7) is 7.34. The number of halogens is 2. The molecule has 3 rings (SSSR count). The molecule has 1 saturated carbocycles. The van der Waals surface area contributed by atoms with E-state index in [4.69, 9.17) is 11.6 Å². The molecule has 1 heterocycles. The number of benzene rings is 1. The van der Waals surface area contributed by atoms with Gasteiger partial charge in [-0.05, 0) is 75.2 Å². The van der Waals surface area contributed by atoms with Crippen molar-refractivity contribution in [3.05, 3.63) is 29.0 Å². The van der Waals surface area contributed by atoms with Crippen LogP contribution in [0.15, 0.2) is 18.2 Å². The molecule has 144 valence electrons. The quantitative estimate of drug-likeness (QED) is 0.733. The van der Waals surface area contributed by atoms with Crippen molar-refractivity contribution in [1.29, 1.82) is 0 Å². The van der Waals surface area contributed by atoms with Gasteiger partial charge in [0.25, 0.3) is 0 Å². The molecule has 1 aliphatic heterocycles. The SMILES string of the molecule is CCN(CCC1CCN(C(=O)Nc2ccc(Cl)c(F)c2)CC1)CC1CC1. The normalized spacial score (nSPS) is 18.4. The number of likely N-dealkylation sites (tertiary alicyclic amines) is 1. The first-order chi connectivity index (χ1) is 12.5. The maximum atomic E-state index is 13.5. The van der Waals surface area contributed by atoms with Gasteiger partial charge in [-0.3, -0.25) is 0 Å². The van der Waals surface area contributed by atoms with Gasteiger partial charge < -0.3 is 15.1 Å². The molecule has 2 fully saturated rings. The summed E-state index contributed by atoms with van der Waals surface area (Å²) in [5.41, 5.74) is 0.442. The molecule has 2 aliphatic rings. The fourth-order valence-electron chi connectivity index (χ4n) is 3.61. The number of hydrogen-bond donors (Lipinski definition) is 1. The number of rotatable bonds is 7. The molecule has 0 atom stereocenters. The molecule has 0 aromatic heterocycles. The zero-order valence-electron chi connectivity index (χ0n) is 15.5. The van der Waals surface area contributed by atoms with Crippen LogP contribution in [-0.4, -0.2) is 48.6 Å². The van der Waals surface area contributed by atoms with Crippen LogP contribution >= 0.6 is 11.6 Å². The smallest absolute Gasteiger partial charge is 0.321 e. The minimum absolute atomic E-state index is 0.0617. The lowest BCUT2D eigenvalue weighted by Crippen LogP contribution is -2.41. The van der Waals surface area contributed by atoms with Crippen LogP contribution in [0, 0.1) is 17.7 Å². The predicted octanol–water partition coefficient (Wildman–Crippen LogP) is 4.85. The van der Waals surface area contributed by atoms with Gasteiger partial charge in [0.1, 0.15) is 5.82 Å². The van der Waals surface area contributed by atoms with Gasteiger partial charge in [0.15, 0.2) is 0 Å². The van der Waals surface area contributed by atoms with E-state index in [1.54, 1.807) is 6.07 Å². The fourth-order valence-corrected chi connectivity index (χ4v) is 3.73. The highest BCUT2D eigenvalue weighted by Crippen LogP contribution is 2.30. The van der Waals surface area contributed by atoms with Crippen LogP contribution < -0.4 is 5.32 Å². The first kappa shape index (κ1) is 19.4. The highest BCUT2D eigenvalue weighted by atomic mass is 35.5. The molecule has 1 aromatic carbocycles. The summed E-state index contributed by atoms with van der Waals surface area (Å²) in [5.74, 6) is 1.12. The molecule has 0 spiro atoms. The Balaban J connectivity index is 1.39. The highest BCUT2D eigenvalue weighted by molar-refractivity contribution is 6.30. The van der Waals surface area contributed by atoms with Crippen LogP contribution in [0.4, 0.5) is 14.9 Å². The number of amides is 2. The Bertz CT molecular complexity index is 615. The van der Waals surface area contributed by atoms with Crippen LogP contribution in [0.1, 0.15) is 39.0 Å². The lowest BCUT2D eigenvalue weighted by Gasteiger charge is -2.33. The zero-order valence-corrected chi connectivity index (χ0v) is 16.3. The van der Waals surface area contributed by atoms with Crippen LogP contribution in [0.25, 0.3) is 0 Å². The molecule has 2 amide bonds. The number of carbonyl (C=O) groups excluding carboxylic acids is 1. The minimum atomic E-state index is -0.519. The molecule has 1 aliphatic carbocycles. The molecule has 0 unspecified atom stereocenters. The standard InChI is InChI=1S/C20H29ClFN3O/c1-2-24(14-16-3-4-16)10-7-15-8-11-25(12-9-15)20(26)23-17-5-6-18(21)19(22)13-17/h5-6,13,15-16H,2-4,7-12,14H2,1H3,(H,23,26). The lowest BCUT2D eigenvalue weighted by atomic mass is 9.93. The van der Waals surface area contributed by atoms with Crippen molar-refractivity contribution in [2.75, 3.05) is 38.0 Å². The van der Waals surface area contributed by atoms with Gasteiger partial charge in [-0.15, -0.1) is 0 Å². The molecular formula is C20H29ClFN3O. The first-order valence-corrected chi connectivity index (χ1v) is 10.2. The van der Waals surface area contributed by atoms with E-state index in [0.717, 1.165) is 38.4 Å². The summed E-state index contributed by atoms with van der Waals surface area (Å²) in [5, 5.41) is 2.82. The Morgan fingerprint density at radius 1 is 1.27 bits per heavy atom. The van der Waals surface area contributed by atoms with Crippen molar-refractivity contribution in [2.45, 2.75) is 39.0 Å². The molecule has 26 heavy (non-hydrogen) atoms. The predicted molar refractivity (Wildman–Crippen MR) is 104 cm³/mol. The third-order valence-electron chi connectivity index (χ3n) is 5.59. The van der Waals surface area contributed by atoms with Gasteiger partial charge in [0, 0.05) is 25.3 Å². The first-order valence-electron chi connectivity index (χ1n) is 9.78. The number of piperidine rings is 1. The molecular weight excluding hydrogens is 353 g/mol. The van der Waals surface area contributed by atoms with Crippen molar-refractivity contribution in [1.82, 2.24) is 9.80 Å². The average Bonchev–Trinajstić information content (AvgIpc) is 3.46. The summed E-state index contributed by atoms with van der Waals surface area (Å²) in [4.78, 5) is 16.8. The Kier molecular flexibility index (Phi) is 6.76. The highest BCUT2D eigenvalue weighted by Gasteiger charge is 2.26. The molecule has 0 bridgehead atoms. The maximum absolute atomic E-state index is 13.5. The monoisotopic (exact) mass is 381 g/mol. The van der Waals surface area contributed by atoms with Crippen LogP contribution in [0.2, 0.25) is 5.02 Å². The Morgan fingerprint density at radius 2 is 2.00 bits per heavy atom. The maximum Gasteiger partial charge on any atom is 0.321 e. The number of urea groups is 1. The number of nitrogens with zero attached hydrogens (tertiary/aromatic N) is 2. The van der Waals surface area contributed by atoms with Gasteiger partial charge in [0.05, 0.1) is 5.02 Å². The number of nitrogens with one attached hydrogen (secondary N) is 1. The summed E-state index contributed by atoms with van der Waals surface area (Å²) < 4.78 is 13.5. The molecule has 1 N–H and O–H groups in total. The van der Waals surface area contributed by atoms with Crippen molar-refractivity contribution in [3.8, 4) is 0 Å². The molecule has 0 radical (unpaired) electrons. The number of carbonyl (C=O) groups is 1. The average molecular weight is 382 g/mol. The van der Waals surface area contributed by atoms with Gasteiger partial charge in [0.2, 0.25) is 0 Å². The van der Waals surface area contributed by atoms with Gasteiger partial charge in [-0.2, -0.15) is 0 Å². The molecule has 1 aromatic rings. The van der Waals surface area contributed by atoms with E-state index >= 15 is 0 Å². The van der Waals surface area contributed by atoms with Crippen LogP contribution in [0.3, 0.4) is 0 Å². The van der Waals surface area contributed by atoms with E-state index in [0.29, 0.717) is 11.6 Å². The van der Waals surface area contributed by atoms with Gasteiger partial charge in [-0.1, -0.05) is 18.5 Å². The van der Waals surface area contributed by atoms with Crippen molar-refractivity contribution in [3.63, 3.8) is 0 Å². The Hall–Kier alpha value is -1.33. The van der Waals surface area contributed by atoms with E-state index in [1.807, 2.05) is 4.90 Å². The minimum Gasteiger partial charge on any atom is -0.325 e. The second-order valence-electron chi connectivity index (χ2n) is 7.61. The molecule has 1 saturated heterocycles. The Labute approximate surface area is 160 Å². The largest absolute Gasteiger partial charge is 0.325 e. The van der Waals surface area contributed by atoms with Gasteiger partial charge in [-0.25, -0.2) is 9.18 Å². The lowest BCUT2D eigenvalue weighted by molar-refractivity contribution is 0.170. The Morgan fingerprint density at radius 3 is 2.62 bits per heavy atom. The third kappa shape index (κ3) is 5.58. The fraction of sp³-hybridized carbons (Fsp3) is 0.650. The second-order valence-corrected chi connectivity index (χ2v) is 8.02. The van der Waals surface area contributed by atoms with Gasteiger partial charge >= 0.3 is 6.03 Å². The topological polar surface area (TPSA) is 35.6 Å². The zero-order chi connectivity index (χ0) is 18.5. The summed E-state index contributed by atoms with van der Waals surface area (Å²) in [6.07, 6.45) is 6.12.